The third kappa shape index (κ3) is 2.11. The standard InChI is InChI=1S/C7H2Br2N2O3S/c8-3-1-2(4(9)15-3)5-10-11-6(14-5)7(12)13/h1H,(H,12,13). The Morgan fingerprint density at radius 2 is 2.20 bits per heavy atom. The highest BCUT2D eigenvalue weighted by atomic mass is 79.9. The van der Waals surface area contributed by atoms with Gasteiger partial charge in [0.15, 0.2) is 0 Å². The predicted molar refractivity (Wildman–Crippen MR) is 60.0 cm³/mol. The molecule has 0 saturated heterocycles. The molecule has 2 heterocycles. The van der Waals surface area contributed by atoms with Gasteiger partial charge in [-0.25, -0.2) is 4.79 Å². The number of carboxylic acid groups (broad SMARTS) is 1. The van der Waals surface area contributed by atoms with Gasteiger partial charge >= 0.3 is 11.9 Å². The Labute approximate surface area is 104 Å². The molecule has 0 fully saturated rings. The largest absolute Gasteiger partial charge is 0.474 e. The van der Waals surface area contributed by atoms with E-state index in [-0.39, 0.29) is 5.89 Å². The van der Waals surface area contributed by atoms with Crippen molar-refractivity contribution in [3.05, 3.63) is 19.5 Å². The van der Waals surface area contributed by atoms with Crippen LogP contribution >= 0.6 is 43.2 Å². The van der Waals surface area contributed by atoms with Crippen molar-refractivity contribution in [2.45, 2.75) is 0 Å². The molecule has 2 rings (SSSR count). The van der Waals surface area contributed by atoms with Crippen LogP contribution in [0.4, 0.5) is 0 Å². The Morgan fingerprint density at radius 1 is 1.47 bits per heavy atom. The molecule has 1 N–H and O–H groups in total. The predicted octanol–water partition coefficient (Wildman–Crippen LogP) is 3.02. The molecule has 15 heavy (non-hydrogen) atoms. The maximum Gasteiger partial charge on any atom is 0.393 e. The van der Waals surface area contributed by atoms with Crippen LogP contribution in [0.15, 0.2) is 18.1 Å². The van der Waals surface area contributed by atoms with E-state index >= 15 is 0 Å². The second-order valence-corrected chi connectivity index (χ2v) is 6.20. The second-order valence-electron chi connectivity index (χ2n) is 2.46. The Bertz CT molecular complexity index is 522. The van der Waals surface area contributed by atoms with Crippen LogP contribution in [0.25, 0.3) is 11.5 Å². The molecule has 5 nitrogen and oxygen atoms in total. The lowest BCUT2D eigenvalue weighted by Gasteiger charge is -1.87. The molecule has 0 unspecified atom stereocenters. The number of thiophene rings is 1. The highest BCUT2D eigenvalue weighted by Crippen LogP contribution is 2.37. The Balaban J connectivity index is 2.45. The quantitative estimate of drug-likeness (QED) is 0.897. The van der Waals surface area contributed by atoms with E-state index in [1.54, 1.807) is 6.07 Å². The number of hydrogen-bond acceptors (Lipinski definition) is 5. The van der Waals surface area contributed by atoms with Crippen molar-refractivity contribution < 1.29 is 14.3 Å². The summed E-state index contributed by atoms with van der Waals surface area (Å²) in [6.45, 7) is 0. The molecule has 0 amide bonds. The van der Waals surface area contributed by atoms with Gasteiger partial charge in [0.2, 0.25) is 5.89 Å². The van der Waals surface area contributed by atoms with Crippen LogP contribution in [0, 0.1) is 0 Å². The summed E-state index contributed by atoms with van der Waals surface area (Å²) in [6, 6.07) is 1.77. The van der Waals surface area contributed by atoms with Crippen LogP contribution < -0.4 is 0 Å². The number of hydrogen-bond donors (Lipinski definition) is 1. The van der Waals surface area contributed by atoms with E-state index < -0.39 is 11.9 Å². The van der Waals surface area contributed by atoms with Gasteiger partial charge < -0.3 is 9.52 Å². The summed E-state index contributed by atoms with van der Waals surface area (Å²) in [7, 11) is 0. The first-order chi connectivity index (χ1) is 7.08. The van der Waals surface area contributed by atoms with E-state index in [2.05, 4.69) is 42.1 Å². The maximum atomic E-state index is 10.5. The molecule has 0 radical (unpaired) electrons. The van der Waals surface area contributed by atoms with Crippen molar-refractivity contribution in [1.29, 1.82) is 0 Å². The van der Waals surface area contributed by atoms with Gasteiger partial charge in [-0.2, -0.15) is 0 Å². The van der Waals surface area contributed by atoms with Gasteiger partial charge in [-0.05, 0) is 37.9 Å². The van der Waals surface area contributed by atoms with Crippen molar-refractivity contribution in [3.8, 4) is 11.5 Å². The van der Waals surface area contributed by atoms with E-state index in [1.807, 2.05) is 0 Å². The molecular formula is C7H2Br2N2O3S. The molecule has 0 atom stereocenters. The third-order valence-electron chi connectivity index (χ3n) is 1.50. The SMILES string of the molecule is O=C(O)c1nnc(-c2cc(Br)sc2Br)o1. The number of carboxylic acids is 1. The zero-order chi connectivity index (χ0) is 11.0. The van der Waals surface area contributed by atoms with E-state index in [1.165, 1.54) is 11.3 Å². The molecule has 2 aromatic heterocycles. The zero-order valence-electron chi connectivity index (χ0n) is 6.90. The lowest BCUT2D eigenvalue weighted by Crippen LogP contribution is -1.95. The highest BCUT2D eigenvalue weighted by molar-refractivity contribution is 9.12. The fraction of sp³-hybridized carbons (Fsp3) is 0. The molecule has 0 aliphatic heterocycles. The van der Waals surface area contributed by atoms with Gasteiger partial charge in [-0.3, -0.25) is 0 Å². The van der Waals surface area contributed by atoms with Crippen LogP contribution in [0.1, 0.15) is 10.7 Å². The summed E-state index contributed by atoms with van der Waals surface area (Å²) >= 11 is 8.05. The van der Waals surface area contributed by atoms with Gasteiger partial charge in [0, 0.05) is 0 Å². The zero-order valence-corrected chi connectivity index (χ0v) is 10.9. The minimum absolute atomic E-state index is 0.182. The van der Waals surface area contributed by atoms with Crippen molar-refractivity contribution in [3.63, 3.8) is 0 Å². The number of aromatic carboxylic acids is 1. The average Bonchev–Trinajstić information content (AvgIpc) is 2.71. The van der Waals surface area contributed by atoms with Crippen LogP contribution in [0.5, 0.6) is 0 Å². The van der Waals surface area contributed by atoms with Crippen molar-refractivity contribution in [2.24, 2.45) is 0 Å². The first-order valence-corrected chi connectivity index (χ1v) is 6.00. The topological polar surface area (TPSA) is 76.2 Å². The minimum atomic E-state index is -1.24. The number of halogens is 2. The molecule has 0 bridgehead atoms. The molecule has 0 aliphatic rings. The molecule has 2 aromatic rings. The van der Waals surface area contributed by atoms with E-state index in [9.17, 15) is 4.79 Å². The molecule has 0 aromatic carbocycles. The summed E-state index contributed by atoms with van der Waals surface area (Å²) in [5, 5.41) is 15.6. The molecule has 8 heteroatoms. The van der Waals surface area contributed by atoms with Crippen LogP contribution in [-0.2, 0) is 0 Å². The fourth-order valence-corrected chi connectivity index (χ4v) is 3.68. The fourth-order valence-electron chi connectivity index (χ4n) is 0.905. The van der Waals surface area contributed by atoms with Gasteiger partial charge in [0.25, 0.3) is 0 Å². The van der Waals surface area contributed by atoms with E-state index in [4.69, 9.17) is 9.52 Å². The van der Waals surface area contributed by atoms with Crippen molar-refractivity contribution >= 4 is 49.2 Å². The van der Waals surface area contributed by atoms with Crippen LogP contribution in [0.3, 0.4) is 0 Å². The number of aromatic nitrogens is 2. The van der Waals surface area contributed by atoms with Crippen LogP contribution in [-0.4, -0.2) is 21.3 Å². The van der Waals surface area contributed by atoms with Crippen LogP contribution in [0.2, 0.25) is 0 Å². The highest BCUT2D eigenvalue weighted by Gasteiger charge is 2.17. The molecule has 78 valence electrons. The summed E-state index contributed by atoms with van der Waals surface area (Å²) in [6.07, 6.45) is 0. The number of nitrogens with zero attached hydrogens (tertiary/aromatic N) is 2. The number of carbonyl (C=O) groups is 1. The smallest absolute Gasteiger partial charge is 0.393 e. The first-order valence-electron chi connectivity index (χ1n) is 3.60. The van der Waals surface area contributed by atoms with Crippen molar-refractivity contribution in [1.82, 2.24) is 10.2 Å². The normalized spacial score (nSPS) is 10.5. The van der Waals surface area contributed by atoms with Crippen molar-refractivity contribution in [2.75, 3.05) is 0 Å². The summed E-state index contributed by atoms with van der Waals surface area (Å²) < 4.78 is 6.65. The summed E-state index contributed by atoms with van der Waals surface area (Å²) in [4.78, 5) is 10.5. The number of rotatable bonds is 2. The average molecular weight is 354 g/mol. The van der Waals surface area contributed by atoms with Gasteiger partial charge in [0.1, 0.15) is 0 Å². The first kappa shape index (κ1) is 10.8. The monoisotopic (exact) mass is 352 g/mol. The van der Waals surface area contributed by atoms with E-state index in [0.717, 1.165) is 7.57 Å². The Kier molecular flexibility index (Phi) is 2.89. The van der Waals surface area contributed by atoms with E-state index in [0.29, 0.717) is 5.56 Å². The Hall–Kier alpha value is -0.730. The van der Waals surface area contributed by atoms with Gasteiger partial charge in [-0.15, -0.1) is 21.5 Å². The van der Waals surface area contributed by atoms with Gasteiger partial charge in [-0.1, -0.05) is 0 Å². The lowest BCUT2D eigenvalue weighted by atomic mass is 10.3. The maximum absolute atomic E-state index is 10.5. The molecule has 0 spiro atoms. The lowest BCUT2D eigenvalue weighted by molar-refractivity contribution is 0.0654. The molecular weight excluding hydrogens is 352 g/mol. The summed E-state index contributed by atoms with van der Waals surface area (Å²) in [5.41, 5.74) is 0.673. The third-order valence-corrected chi connectivity index (χ3v) is 3.83. The van der Waals surface area contributed by atoms with Gasteiger partial charge in [0.05, 0.1) is 13.1 Å². The minimum Gasteiger partial charge on any atom is -0.474 e. The second kappa shape index (κ2) is 4.03. The molecule has 0 saturated carbocycles. The summed E-state index contributed by atoms with van der Waals surface area (Å²) in [5.74, 6) is -1.47. The molecule has 0 aliphatic carbocycles. The Morgan fingerprint density at radius 3 is 2.67 bits per heavy atom.